The van der Waals surface area contributed by atoms with Gasteiger partial charge in [0.2, 0.25) is 0 Å². The maximum Gasteiger partial charge on any atom is 0.319 e. The molecule has 0 spiro atoms. The van der Waals surface area contributed by atoms with Gasteiger partial charge in [0.15, 0.2) is 0 Å². The fourth-order valence-corrected chi connectivity index (χ4v) is 3.09. The van der Waals surface area contributed by atoms with Crippen LogP contribution in [0.3, 0.4) is 0 Å². The number of esters is 1. The van der Waals surface area contributed by atoms with Crippen molar-refractivity contribution in [1.82, 2.24) is 4.90 Å². The van der Waals surface area contributed by atoms with E-state index >= 15 is 0 Å². The summed E-state index contributed by atoms with van der Waals surface area (Å²) in [5.41, 5.74) is 0.327. The van der Waals surface area contributed by atoms with Crippen LogP contribution in [0.25, 0.3) is 0 Å². The van der Waals surface area contributed by atoms with Gasteiger partial charge in [0.1, 0.15) is 5.41 Å². The Hall–Kier alpha value is -2.17. The molecule has 0 saturated carbocycles. The van der Waals surface area contributed by atoms with Crippen molar-refractivity contribution in [2.75, 3.05) is 27.2 Å². The zero-order valence-electron chi connectivity index (χ0n) is 15.2. The highest BCUT2D eigenvalue weighted by molar-refractivity contribution is 5.84. The van der Waals surface area contributed by atoms with Gasteiger partial charge in [0.05, 0.1) is 12.7 Å². The molecule has 134 valence electrons. The number of ether oxygens (including phenoxy) is 1. The Bertz CT molecular complexity index is 657. The summed E-state index contributed by atoms with van der Waals surface area (Å²) in [6.07, 6.45) is -0.533. The summed E-state index contributed by atoms with van der Waals surface area (Å²) in [5.74, 6) is -0.389. The molecule has 2 atom stereocenters. The maximum absolute atomic E-state index is 13.1. The van der Waals surface area contributed by atoms with Crippen LogP contribution in [0.15, 0.2) is 60.7 Å². The molecule has 2 rings (SSSR count). The van der Waals surface area contributed by atoms with E-state index < -0.39 is 11.5 Å². The molecule has 0 aliphatic rings. The minimum Gasteiger partial charge on any atom is -0.465 e. The number of carbonyl (C=O) groups excluding carboxylic acids is 1. The van der Waals surface area contributed by atoms with E-state index in [-0.39, 0.29) is 12.6 Å². The van der Waals surface area contributed by atoms with Gasteiger partial charge in [-0.1, -0.05) is 60.7 Å². The summed E-state index contributed by atoms with van der Waals surface area (Å²) in [6.45, 7) is 2.71. The fraction of sp³-hybridized carbons (Fsp3) is 0.381. The van der Waals surface area contributed by atoms with E-state index in [1.54, 1.807) is 6.92 Å². The first kappa shape index (κ1) is 19.2. The van der Waals surface area contributed by atoms with E-state index in [0.717, 1.165) is 5.56 Å². The number of carbonyl (C=O) groups is 1. The van der Waals surface area contributed by atoms with E-state index in [1.807, 2.05) is 79.7 Å². The molecule has 2 unspecified atom stereocenters. The summed E-state index contributed by atoms with van der Waals surface area (Å²) in [4.78, 5) is 15.1. The third kappa shape index (κ3) is 4.27. The van der Waals surface area contributed by atoms with Crippen LogP contribution in [0.4, 0.5) is 0 Å². The van der Waals surface area contributed by atoms with Crippen LogP contribution in [0.5, 0.6) is 0 Å². The lowest BCUT2D eigenvalue weighted by molar-refractivity contribution is -0.156. The number of aliphatic hydroxyl groups is 1. The van der Waals surface area contributed by atoms with Crippen molar-refractivity contribution in [3.05, 3.63) is 71.8 Å². The molecule has 0 amide bonds. The van der Waals surface area contributed by atoms with E-state index in [1.165, 1.54) is 0 Å². The molecule has 0 saturated heterocycles. The lowest BCUT2D eigenvalue weighted by Crippen LogP contribution is -2.45. The molecular formula is C21H27NO3. The monoisotopic (exact) mass is 341 g/mol. The standard InChI is InChI=1S/C21H27NO3/c1-4-25-20(24)21(15-16-22(2)3,18-13-9-6-10-14-18)19(23)17-11-7-5-8-12-17/h5-14,19,23H,4,15-16H2,1-3H3. The summed E-state index contributed by atoms with van der Waals surface area (Å²) in [6, 6.07) is 18.8. The van der Waals surface area contributed by atoms with Crippen molar-refractivity contribution in [3.63, 3.8) is 0 Å². The van der Waals surface area contributed by atoms with E-state index in [2.05, 4.69) is 0 Å². The minimum atomic E-state index is -1.15. The molecule has 25 heavy (non-hydrogen) atoms. The molecule has 0 aliphatic carbocycles. The quantitative estimate of drug-likeness (QED) is 0.749. The highest BCUT2D eigenvalue weighted by atomic mass is 16.5. The first-order valence-electron chi connectivity index (χ1n) is 8.63. The van der Waals surface area contributed by atoms with Crippen molar-refractivity contribution in [3.8, 4) is 0 Å². The summed E-state index contributed by atoms with van der Waals surface area (Å²) < 4.78 is 5.42. The van der Waals surface area contributed by atoms with E-state index in [4.69, 9.17) is 4.74 Å². The molecular weight excluding hydrogens is 314 g/mol. The SMILES string of the molecule is CCOC(=O)C(CCN(C)C)(c1ccccc1)C(O)c1ccccc1. The van der Waals surface area contributed by atoms with Crippen molar-refractivity contribution in [1.29, 1.82) is 0 Å². The zero-order valence-corrected chi connectivity index (χ0v) is 15.2. The minimum absolute atomic E-state index is 0.275. The number of hydrogen-bond donors (Lipinski definition) is 1. The second-order valence-corrected chi connectivity index (χ2v) is 6.42. The van der Waals surface area contributed by atoms with E-state index in [0.29, 0.717) is 18.5 Å². The third-order valence-electron chi connectivity index (χ3n) is 4.46. The molecule has 0 aliphatic heterocycles. The highest BCUT2D eigenvalue weighted by Crippen LogP contribution is 2.42. The molecule has 2 aromatic carbocycles. The number of hydrogen-bond acceptors (Lipinski definition) is 4. The van der Waals surface area contributed by atoms with Gasteiger partial charge in [-0.05, 0) is 45.1 Å². The molecule has 2 aromatic rings. The Labute approximate surface area is 150 Å². The van der Waals surface area contributed by atoms with Gasteiger partial charge in [-0.15, -0.1) is 0 Å². The normalized spacial score (nSPS) is 14.8. The zero-order chi connectivity index (χ0) is 18.3. The van der Waals surface area contributed by atoms with Gasteiger partial charge in [-0.25, -0.2) is 0 Å². The van der Waals surface area contributed by atoms with E-state index in [9.17, 15) is 9.90 Å². The molecule has 0 bridgehead atoms. The Balaban J connectivity index is 2.58. The van der Waals surface area contributed by atoms with Gasteiger partial charge >= 0.3 is 5.97 Å². The highest BCUT2D eigenvalue weighted by Gasteiger charge is 2.48. The average Bonchev–Trinajstić information content (AvgIpc) is 2.63. The average molecular weight is 341 g/mol. The maximum atomic E-state index is 13.1. The molecule has 0 aromatic heterocycles. The Morgan fingerprint density at radius 2 is 1.64 bits per heavy atom. The second-order valence-electron chi connectivity index (χ2n) is 6.42. The summed E-state index contributed by atoms with van der Waals surface area (Å²) in [7, 11) is 3.91. The molecule has 4 heteroatoms. The van der Waals surface area contributed by atoms with Gasteiger partial charge < -0.3 is 14.7 Å². The van der Waals surface area contributed by atoms with Crippen LogP contribution < -0.4 is 0 Å². The summed E-state index contributed by atoms with van der Waals surface area (Å²) in [5, 5.41) is 11.3. The van der Waals surface area contributed by atoms with Crippen molar-refractivity contribution < 1.29 is 14.6 Å². The molecule has 0 radical (unpaired) electrons. The van der Waals surface area contributed by atoms with Crippen molar-refractivity contribution in [2.24, 2.45) is 0 Å². The number of nitrogens with zero attached hydrogens (tertiary/aromatic N) is 1. The van der Waals surface area contributed by atoms with Crippen LogP contribution in [-0.4, -0.2) is 43.2 Å². The Morgan fingerprint density at radius 1 is 1.08 bits per heavy atom. The van der Waals surface area contributed by atoms with Gasteiger partial charge in [-0.2, -0.15) is 0 Å². The van der Waals surface area contributed by atoms with Crippen LogP contribution in [0.2, 0.25) is 0 Å². The van der Waals surface area contributed by atoms with Gasteiger partial charge in [0.25, 0.3) is 0 Å². The summed E-state index contributed by atoms with van der Waals surface area (Å²) >= 11 is 0. The fourth-order valence-electron chi connectivity index (χ4n) is 3.09. The molecule has 0 heterocycles. The lowest BCUT2D eigenvalue weighted by Gasteiger charge is -2.37. The Kier molecular flexibility index (Phi) is 6.73. The predicted octanol–water partition coefficient (Wildman–Crippen LogP) is 3.17. The predicted molar refractivity (Wildman–Crippen MR) is 99.3 cm³/mol. The van der Waals surface area contributed by atoms with Crippen LogP contribution in [0, 0.1) is 0 Å². The third-order valence-corrected chi connectivity index (χ3v) is 4.46. The smallest absolute Gasteiger partial charge is 0.319 e. The number of benzene rings is 2. The van der Waals surface area contributed by atoms with Crippen LogP contribution >= 0.6 is 0 Å². The largest absolute Gasteiger partial charge is 0.465 e. The van der Waals surface area contributed by atoms with Crippen molar-refractivity contribution >= 4 is 5.97 Å². The first-order chi connectivity index (χ1) is 12.0. The second kappa shape index (κ2) is 8.79. The number of aliphatic hydroxyl groups excluding tert-OH is 1. The first-order valence-corrected chi connectivity index (χ1v) is 8.63. The molecule has 4 nitrogen and oxygen atoms in total. The van der Waals surface area contributed by atoms with Crippen LogP contribution in [0.1, 0.15) is 30.6 Å². The van der Waals surface area contributed by atoms with Crippen LogP contribution in [-0.2, 0) is 14.9 Å². The number of rotatable bonds is 8. The van der Waals surface area contributed by atoms with Gasteiger partial charge in [0, 0.05) is 0 Å². The molecule has 0 fully saturated rings. The molecule has 1 N–H and O–H groups in total. The topological polar surface area (TPSA) is 49.8 Å². The van der Waals surface area contributed by atoms with Crippen molar-refractivity contribution in [2.45, 2.75) is 24.9 Å². The van der Waals surface area contributed by atoms with Gasteiger partial charge in [-0.3, -0.25) is 4.79 Å². The Morgan fingerprint density at radius 3 is 2.16 bits per heavy atom. The lowest BCUT2D eigenvalue weighted by atomic mass is 9.70.